The molecule has 0 spiro atoms. The number of imide groups is 1. The van der Waals surface area contributed by atoms with Crippen molar-refractivity contribution in [3.8, 4) is 0 Å². The predicted octanol–water partition coefficient (Wildman–Crippen LogP) is 4.22. The van der Waals surface area contributed by atoms with Gasteiger partial charge in [-0.2, -0.15) is 0 Å². The number of anilines is 2. The highest BCUT2D eigenvalue weighted by atomic mass is 16.2. The molecule has 3 heterocycles. The van der Waals surface area contributed by atoms with E-state index in [0.717, 1.165) is 37.2 Å². The smallest absolute Gasteiger partial charge is 0.336 e. The van der Waals surface area contributed by atoms with E-state index < -0.39 is 0 Å². The zero-order chi connectivity index (χ0) is 20.0. The maximum absolute atomic E-state index is 13.0. The molecule has 1 saturated heterocycles. The van der Waals surface area contributed by atoms with Crippen molar-refractivity contribution in [1.29, 1.82) is 0 Å². The van der Waals surface area contributed by atoms with Crippen molar-refractivity contribution in [2.45, 2.75) is 32.6 Å². The summed E-state index contributed by atoms with van der Waals surface area (Å²) in [6.45, 7) is 4.48. The van der Waals surface area contributed by atoms with Gasteiger partial charge in [0, 0.05) is 25.3 Å². The summed E-state index contributed by atoms with van der Waals surface area (Å²) in [6.07, 6.45) is 6.39. The normalized spacial score (nSPS) is 19.9. The number of benzene rings is 2. The number of para-hydroxylation sites is 1. The van der Waals surface area contributed by atoms with E-state index in [2.05, 4.69) is 17.0 Å². The molecule has 0 aromatic heterocycles. The van der Waals surface area contributed by atoms with E-state index >= 15 is 0 Å². The minimum absolute atomic E-state index is 0.227. The number of carbonyl (C=O) groups excluding carboxylic acids is 2. The maximum Gasteiger partial charge on any atom is 0.336 e. The first-order valence-corrected chi connectivity index (χ1v) is 10.5. The molecule has 3 amide bonds. The Balaban J connectivity index is 1.61. The SMILES string of the molecule is CCN1C(=O)/C(=C\c2cc3c4c(c2)CCCN4CCC3)N(c2ccccc2)C1=O. The number of rotatable bonds is 3. The second-order valence-electron chi connectivity index (χ2n) is 7.91. The standard InChI is InChI=1S/C24H25N3O2/c1-2-26-23(28)21(27(24(26)29)20-10-4-3-5-11-20)16-17-14-18-8-6-12-25-13-7-9-19(15-17)22(18)25/h3-5,10-11,14-16H,2,6-9,12-13H2,1H3/b21-16+. The first-order valence-electron chi connectivity index (χ1n) is 10.5. The highest BCUT2D eigenvalue weighted by Crippen LogP contribution is 2.37. The number of likely N-dealkylation sites (N-methyl/N-ethyl adjacent to an activating group) is 1. The predicted molar refractivity (Wildman–Crippen MR) is 115 cm³/mol. The molecule has 5 heteroatoms. The van der Waals surface area contributed by atoms with Crippen LogP contribution in [0.4, 0.5) is 16.2 Å². The molecule has 2 aromatic carbocycles. The Hall–Kier alpha value is -3.08. The quantitative estimate of drug-likeness (QED) is 0.585. The van der Waals surface area contributed by atoms with Crippen LogP contribution in [0.3, 0.4) is 0 Å². The minimum atomic E-state index is -0.277. The van der Waals surface area contributed by atoms with E-state index in [4.69, 9.17) is 0 Å². The molecule has 0 atom stereocenters. The van der Waals surface area contributed by atoms with Crippen LogP contribution in [0, 0.1) is 0 Å². The first-order chi connectivity index (χ1) is 14.2. The van der Waals surface area contributed by atoms with Gasteiger partial charge in [0.25, 0.3) is 5.91 Å². The Bertz CT molecular complexity index is 981. The van der Waals surface area contributed by atoms with Crippen LogP contribution in [-0.4, -0.2) is 36.5 Å². The van der Waals surface area contributed by atoms with Crippen molar-refractivity contribution in [3.63, 3.8) is 0 Å². The third kappa shape index (κ3) is 2.92. The van der Waals surface area contributed by atoms with E-state index in [-0.39, 0.29) is 11.9 Å². The first kappa shape index (κ1) is 18.0. The Morgan fingerprint density at radius 1 is 0.966 bits per heavy atom. The van der Waals surface area contributed by atoms with Gasteiger partial charge in [-0.05, 0) is 79.6 Å². The van der Waals surface area contributed by atoms with Crippen molar-refractivity contribution >= 4 is 29.4 Å². The van der Waals surface area contributed by atoms with Gasteiger partial charge in [-0.1, -0.05) is 18.2 Å². The van der Waals surface area contributed by atoms with Crippen LogP contribution in [0.15, 0.2) is 48.2 Å². The van der Waals surface area contributed by atoms with E-state index in [9.17, 15) is 9.59 Å². The second-order valence-corrected chi connectivity index (χ2v) is 7.91. The van der Waals surface area contributed by atoms with Gasteiger partial charge in [0.2, 0.25) is 0 Å². The molecule has 148 valence electrons. The molecule has 0 saturated carbocycles. The molecule has 5 rings (SSSR count). The lowest BCUT2D eigenvalue weighted by molar-refractivity contribution is -0.122. The van der Waals surface area contributed by atoms with Crippen LogP contribution in [0.25, 0.3) is 6.08 Å². The van der Waals surface area contributed by atoms with Gasteiger partial charge in [0.05, 0.1) is 5.69 Å². The zero-order valence-electron chi connectivity index (χ0n) is 16.7. The summed E-state index contributed by atoms with van der Waals surface area (Å²) >= 11 is 0. The Morgan fingerprint density at radius 2 is 1.62 bits per heavy atom. The van der Waals surface area contributed by atoms with E-state index in [1.54, 1.807) is 4.90 Å². The summed E-state index contributed by atoms with van der Waals surface area (Å²) in [7, 11) is 0. The molecule has 0 bridgehead atoms. The van der Waals surface area contributed by atoms with Crippen LogP contribution in [0.5, 0.6) is 0 Å². The summed E-state index contributed by atoms with van der Waals surface area (Å²) in [5.74, 6) is -0.227. The Morgan fingerprint density at radius 3 is 2.24 bits per heavy atom. The molecule has 29 heavy (non-hydrogen) atoms. The van der Waals surface area contributed by atoms with Crippen molar-refractivity contribution in [2.75, 3.05) is 29.4 Å². The molecule has 0 N–H and O–H groups in total. The maximum atomic E-state index is 13.0. The number of carbonyl (C=O) groups is 2. The van der Waals surface area contributed by atoms with Crippen molar-refractivity contribution in [2.24, 2.45) is 0 Å². The number of aryl methyl sites for hydroxylation is 2. The molecular formula is C24H25N3O2. The van der Waals surface area contributed by atoms with E-state index in [1.807, 2.05) is 43.3 Å². The van der Waals surface area contributed by atoms with Gasteiger partial charge < -0.3 is 4.90 Å². The molecular weight excluding hydrogens is 362 g/mol. The molecule has 1 fully saturated rings. The average Bonchev–Trinajstić information content (AvgIpc) is 2.98. The van der Waals surface area contributed by atoms with Crippen LogP contribution in [0.2, 0.25) is 0 Å². The lowest BCUT2D eigenvalue weighted by Gasteiger charge is -2.37. The van der Waals surface area contributed by atoms with E-state index in [1.165, 1.54) is 34.6 Å². The third-order valence-corrected chi connectivity index (χ3v) is 6.12. The number of amides is 3. The van der Waals surface area contributed by atoms with Crippen LogP contribution < -0.4 is 9.80 Å². The summed E-state index contributed by atoms with van der Waals surface area (Å²) in [5, 5.41) is 0. The summed E-state index contributed by atoms with van der Waals surface area (Å²) < 4.78 is 0. The van der Waals surface area contributed by atoms with Crippen LogP contribution >= 0.6 is 0 Å². The monoisotopic (exact) mass is 387 g/mol. The van der Waals surface area contributed by atoms with Crippen LogP contribution in [0.1, 0.15) is 36.5 Å². The van der Waals surface area contributed by atoms with Gasteiger partial charge >= 0.3 is 6.03 Å². The molecule has 3 aliphatic heterocycles. The van der Waals surface area contributed by atoms with Crippen molar-refractivity contribution < 1.29 is 9.59 Å². The lowest BCUT2D eigenvalue weighted by atomic mass is 9.90. The number of urea groups is 1. The lowest BCUT2D eigenvalue weighted by Crippen LogP contribution is -2.34. The average molecular weight is 387 g/mol. The molecule has 0 aliphatic carbocycles. The fraction of sp³-hybridized carbons (Fsp3) is 0.333. The highest BCUT2D eigenvalue weighted by Gasteiger charge is 2.41. The fourth-order valence-electron chi connectivity index (χ4n) is 4.85. The van der Waals surface area contributed by atoms with Gasteiger partial charge in [-0.25, -0.2) is 4.79 Å². The fourth-order valence-corrected chi connectivity index (χ4v) is 4.85. The zero-order valence-corrected chi connectivity index (χ0v) is 16.7. The Kier molecular flexibility index (Phi) is 4.38. The summed E-state index contributed by atoms with van der Waals surface area (Å²) in [4.78, 5) is 31.3. The second kappa shape index (κ2) is 7.07. The molecule has 0 unspecified atom stereocenters. The summed E-state index contributed by atoms with van der Waals surface area (Å²) in [5.41, 5.74) is 6.31. The third-order valence-electron chi connectivity index (χ3n) is 6.12. The topological polar surface area (TPSA) is 43.9 Å². The van der Waals surface area contributed by atoms with Crippen molar-refractivity contribution in [1.82, 2.24) is 4.90 Å². The van der Waals surface area contributed by atoms with Crippen LogP contribution in [-0.2, 0) is 17.6 Å². The molecule has 3 aliphatic rings. The number of nitrogens with zero attached hydrogens (tertiary/aromatic N) is 3. The van der Waals surface area contributed by atoms with Gasteiger partial charge in [-0.15, -0.1) is 0 Å². The van der Waals surface area contributed by atoms with Crippen molar-refractivity contribution in [3.05, 3.63) is 64.9 Å². The van der Waals surface area contributed by atoms with Gasteiger partial charge in [-0.3, -0.25) is 14.6 Å². The van der Waals surface area contributed by atoms with E-state index in [0.29, 0.717) is 12.2 Å². The number of hydrogen-bond donors (Lipinski definition) is 0. The summed E-state index contributed by atoms with van der Waals surface area (Å²) in [6, 6.07) is 13.6. The Labute approximate surface area is 171 Å². The minimum Gasteiger partial charge on any atom is -0.371 e. The largest absolute Gasteiger partial charge is 0.371 e. The highest BCUT2D eigenvalue weighted by molar-refractivity contribution is 6.23. The molecule has 5 nitrogen and oxygen atoms in total. The molecule has 0 radical (unpaired) electrons. The number of hydrogen-bond acceptors (Lipinski definition) is 3. The molecule has 2 aromatic rings. The van der Waals surface area contributed by atoms with Gasteiger partial charge in [0.15, 0.2) is 0 Å². The van der Waals surface area contributed by atoms with Gasteiger partial charge in [0.1, 0.15) is 5.70 Å².